The molecule has 0 radical (unpaired) electrons. The van der Waals surface area contributed by atoms with Crippen molar-refractivity contribution in [2.24, 2.45) is 0 Å². The van der Waals surface area contributed by atoms with Crippen LogP contribution < -0.4 is 5.73 Å². The summed E-state index contributed by atoms with van der Waals surface area (Å²) in [7, 11) is 0. The van der Waals surface area contributed by atoms with Crippen molar-refractivity contribution in [2.75, 3.05) is 5.73 Å². The minimum Gasteiger partial charge on any atom is -0.399 e. The third-order valence-corrected chi connectivity index (χ3v) is 3.62. The van der Waals surface area contributed by atoms with Crippen molar-refractivity contribution in [3.05, 3.63) is 54.6 Å². The molecule has 0 atom stereocenters. The summed E-state index contributed by atoms with van der Waals surface area (Å²) in [5.41, 5.74) is 8.56. The molecule has 3 nitrogen and oxygen atoms in total. The van der Waals surface area contributed by atoms with Gasteiger partial charge in [0.15, 0.2) is 0 Å². The molecule has 1 aromatic heterocycles. The van der Waals surface area contributed by atoms with Gasteiger partial charge in [-0.2, -0.15) is 0 Å². The molecule has 0 amide bonds. The van der Waals surface area contributed by atoms with Gasteiger partial charge in [0.2, 0.25) is 0 Å². The van der Waals surface area contributed by atoms with Crippen LogP contribution in [0.3, 0.4) is 0 Å². The van der Waals surface area contributed by atoms with Crippen molar-refractivity contribution >= 4 is 17.0 Å². The lowest BCUT2D eigenvalue weighted by atomic mass is 10.2. The Kier molecular flexibility index (Phi) is 2.78. The smallest absolute Gasteiger partial charge is 0.148 e. The fourth-order valence-corrected chi connectivity index (χ4v) is 2.52. The molecule has 0 spiro atoms. The van der Waals surface area contributed by atoms with E-state index in [4.69, 9.17) is 5.73 Å². The number of anilines is 1. The third kappa shape index (κ3) is 2.10. The quantitative estimate of drug-likeness (QED) is 0.712. The fraction of sp³-hybridized carbons (Fsp3) is 0. The van der Waals surface area contributed by atoms with Crippen molar-refractivity contribution < 1.29 is 0 Å². The van der Waals surface area contributed by atoms with Crippen LogP contribution in [0.4, 0.5) is 5.69 Å². The summed E-state index contributed by atoms with van der Waals surface area (Å²) >= 11 is 1.58. The average Bonchev–Trinajstić information content (AvgIpc) is 2.90. The maximum atomic E-state index is 5.67. The molecule has 2 aromatic carbocycles. The van der Waals surface area contributed by atoms with Crippen LogP contribution in [0.15, 0.2) is 54.6 Å². The van der Waals surface area contributed by atoms with E-state index in [0.717, 1.165) is 26.8 Å². The van der Waals surface area contributed by atoms with Crippen molar-refractivity contribution in [2.45, 2.75) is 0 Å². The topological polar surface area (TPSA) is 51.8 Å². The summed E-state index contributed by atoms with van der Waals surface area (Å²) in [5, 5.41) is 10.3. The van der Waals surface area contributed by atoms with E-state index < -0.39 is 0 Å². The van der Waals surface area contributed by atoms with E-state index in [-0.39, 0.29) is 0 Å². The lowest BCUT2D eigenvalue weighted by Gasteiger charge is -1.95. The first kappa shape index (κ1) is 10.9. The van der Waals surface area contributed by atoms with Crippen LogP contribution in [0, 0.1) is 0 Å². The van der Waals surface area contributed by atoms with E-state index in [1.54, 1.807) is 11.3 Å². The van der Waals surface area contributed by atoms with Crippen molar-refractivity contribution in [3.63, 3.8) is 0 Å². The molecule has 0 bridgehead atoms. The van der Waals surface area contributed by atoms with Gasteiger partial charge in [-0.3, -0.25) is 0 Å². The van der Waals surface area contributed by atoms with Gasteiger partial charge in [-0.15, -0.1) is 10.2 Å². The molecular formula is C14H11N3S. The first-order chi connectivity index (χ1) is 8.83. The molecule has 4 heteroatoms. The Labute approximate surface area is 109 Å². The average molecular weight is 253 g/mol. The summed E-state index contributed by atoms with van der Waals surface area (Å²) in [6, 6.07) is 17.7. The summed E-state index contributed by atoms with van der Waals surface area (Å²) in [6.45, 7) is 0. The van der Waals surface area contributed by atoms with Gasteiger partial charge in [-0.25, -0.2) is 0 Å². The molecular weight excluding hydrogens is 242 g/mol. The fourth-order valence-electron chi connectivity index (χ4n) is 1.66. The highest BCUT2D eigenvalue weighted by Crippen LogP contribution is 2.29. The van der Waals surface area contributed by atoms with Crippen LogP contribution in [0.25, 0.3) is 21.1 Å². The molecule has 2 N–H and O–H groups in total. The summed E-state index contributed by atoms with van der Waals surface area (Å²) in [6.07, 6.45) is 0. The molecule has 18 heavy (non-hydrogen) atoms. The molecule has 88 valence electrons. The third-order valence-electron chi connectivity index (χ3n) is 2.60. The lowest BCUT2D eigenvalue weighted by molar-refractivity contribution is 1.10. The van der Waals surface area contributed by atoms with Crippen molar-refractivity contribution in [3.8, 4) is 21.1 Å². The summed E-state index contributed by atoms with van der Waals surface area (Å²) in [4.78, 5) is 0. The number of hydrogen-bond donors (Lipinski definition) is 1. The molecule has 0 unspecified atom stereocenters. The zero-order chi connectivity index (χ0) is 12.4. The number of nitrogens with two attached hydrogens (primary N) is 1. The highest BCUT2D eigenvalue weighted by molar-refractivity contribution is 7.17. The van der Waals surface area contributed by atoms with Crippen LogP contribution in [-0.2, 0) is 0 Å². The van der Waals surface area contributed by atoms with E-state index in [0.29, 0.717) is 0 Å². The normalized spacial score (nSPS) is 10.4. The van der Waals surface area contributed by atoms with E-state index >= 15 is 0 Å². The SMILES string of the molecule is Nc1ccc(-c2nnc(-c3ccccc3)s2)cc1. The van der Waals surface area contributed by atoms with Crippen LogP contribution in [0.1, 0.15) is 0 Å². The van der Waals surface area contributed by atoms with Gasteiger partial charge in [-0.05, 0) is 24.3 Å². The highest BCUT2D eigenvalue weighted by Gasteiger charge is 2.07. The van der Waals surface area contributed by atoms with Gasteiger partial charge in [0, 0.05) is 16.8 Å². The zero-order valence-electron chi connectivity index (χ0n) is 9.58. The van der Waals surface area contributed by atoms with E-state index in [9.17, 15) is 0 Å². The predicted molar refractivity (Wildman–Crippen MR) is 75.2 cm³/mol. The van der Waals surface area contributed by atoms with Gasteiger partial charge < -0.3 is 5.73 Å². The molecule has 1 heterocycles. The molecule has 0 aliphatic carbocycles. The Morgan fingerprint density at radius 3 is 1.89 bits per heavy atom. The van der Waals surface area contributed by atoms with Gasteiger partial charge in [0.1, 0.15) is 10.0 Å². The number of rotatable bonds is 2. The Morgan fingerprint density at radius 2 is 1.28 bits per heavy atom. The first-order valence-electron chi connectivity index (χ1n) is 5.58. The lowest BCUT2D eigenvalue weighted by Crippen LogP contribution is -1.83. The molecule has 0 saturated heterocycles. The van der Waals surface area contributed by atoms with Crippen LogP contribution in [0.5, 0.6) is 0 Å². The molecule has 0 saturated carbocycles. The molecule has 3 rings (SSSR count). The highest BCUT2D eigenvalue weighted by atomic mass is 32.1. The monoisotopic (exact) mass is 253 g/mol. The first-order valence-corrected chi connectivity index (χ1v) is 6.39. The second-order valence-corrected chi connectivity index (χ2v) is 4.88. The van der Waals surface area contributed by atoms with Crippen LogP contribution in [0.2, 0.25) is 0 Å². The maximum absolute atomic E-state index is 5.67. The Morgan fingerprint density at radius 1 is 0.722 bits per heavy atom. The zero-order valence-corrected chi connectivity index (χ0v) is 10.4. The Hall–Kier alpha value is -2.20. The van der Waals surface area contributed by atoms with Gasteiger partial charge in [0.25, 0.3) is 0 Å². The van der Waals surface area contributed by atoms with Gasteiger partial charge in [-0.1, -0.05) is 41.7 Å². The standard InChI is InChI=1S/C14H11N3S/c15-12-8-6-11(7-9-12)14-17-16-13(18-14)10-4-2-1-3-5-10/h1-9H,15H2. The largest absolute Gasteiger partial charge is 0.399 e. The minimum absolute atomic E-state index is 0.756. The van der Waals surface area contributed by atoms with Crippen LogP contribution >= 0.6 is 11.3 Å². The van der Waals surface area contributed by atoms with Crippen molar-refractivity contribution in [1.82, 2.24) is 10.2 Å². The van der Waals surface area contributed by atoms with Crippen LogP contribution in [-0.4, -0.2) is 10.2 Å². The minimum atomic E-state index is 0.756. The number of nitrogens with zero attached hydrogens (tertiary/aromatic N) is 2. The molecule has 0 aliphatic heterocycles. The van der Waals surface area contributed by atoms with E-state index in [2.05, 4.69) is 10.2 Å². The second-order valence-electron chi connectivity index (χ2n) is 3.90. The predicted octanol–water partition coefficient (Wildman–Crippen LogP) is 3.45. The number of nitrogen functional groups attached to an aromatic ring is 1. The maximum Gasteiger partial charge on any atom is 0.148 e. The Bertz CT molecular complexity index is 644. The van der Waals surface area contributed by atoms with E-state index in [1.165, 1.54) is 0 Å². The summed E-state index contributed by atoms with van der Waals surface area (Å²) in [5.74, 6) is 0. The second kappa shape index (κ2) is 4.58. The number of benzene rings is 2. The van der Waals surface area contributed by atoms with Gasteiger partial charge >= 0.3 is 0 Å². The van der Waals surface area contributed by atoms with Gasteiger partial charge in [0.05, 0.1) is 0 Å². The van der Waals surface area contributed by atoms with Crippen molar-refractivity contribution in [1.29, 1.82) is 0 Å². The molecule has 0 fully saturated rings. The Balaban J connectivity index is 1.97. The van der Waals surface area contributed by atoms with E-state index in [1.807, 2.05) is 54.6 Å². The number of aromatic nitrogens is 2. The molecule has 3 aromatic rings. The summed E-state index contributed by atoms with van der Waals surface area (Å²) < 4.78 is 0. The molecule has 0 aliphatic rings. The number of hydrogen-bond acceptors (Lipinski definition) is 4.